The van der Waals surface area contributed by atoms with E-state index in [1.54, 1.807) is 30.3 Å². The van der Waals surface area contributed by atoms with Gasteiger partial charge >= 0.3 is 0 Å². The van der Waals surface area contributed by atoms with Gasteiger partial charge in [0.05, 0.1) is 27.2 Å². The molecule has 2 aromatic carbocycles. The standard InChI is InChI=1S/C21H17BrClIN2O5S/c1-3-31-19-15(24)6-11(7-16(19)30-2)8-17-20(28)26(21(29)32-17)10-18(27)25-12-4-5-13(22)14(23)9-12/h4-9H,3,10H2,1-2H3,(H,25,27)/b17-8+. The van der Waals surface area contributed by atoms with Crippen LogP contribution in [0.2, 0.25) is 5.02 Å². The molecule has 3 amide bonds. The second-order valence-corrected chi connectivity index (χ2v) is 9.83. The molecule has 0 aliphatic carbocycles. The van der Waals surface area contributed by atoms with Gasteiger partial charge in [-0.15, -0.1) is 0 Å². The molecule has 1 saturated heterocycles. The molecule has 1 aliphatic heterocycles. The molecule has 0 unspecified atom stereocenters. The van der Waals surface area contributed by atoms with Crippen molar-refractivity contribution in [3.8, 4) is 11.5 Å². The molecule has 0 spiro atoms. The molecular weight excluding hydrogens is 635 g/mol. The van der Waals surface area contributed by atoms with E-state index in [2.05, 4.69) is 43.8 Å². The van der Waals surface area contributed by atoms with Crippen LogP contribution in [-0.4, -0.2) is 42.2 Å². The minimum absolute atomic E-state index is 0.219. The number of ether oxygens (including phenoxy) is 2. The number of benzene rings is 2. The van der Waals surface area contributed by atoms with E-state index in [0.717, 1.165) is 20.2 Å². The number of carbonyl (C=O) groups excluding carboxylic acids is 3. The third-order valence-electron chi connectivity index (χ3n) is 4.22. The van der Waals surface area contributed by atoms with E-state index in [1.807, 2.05) is 13.0 Å². The maximum absolute atomic E-state index is 12.8. The third-order valence-corrected chi connectivity index (χ3v) is 7.16. The number of imide groups is 1. The highest BCUT2D eigenvalue weighted by atomic mass is 127. The highest BCUT2D eigenvalue weighted by Gasteiger charge is 2.36. The zero-order valence-electron chi connectivity index (χ0n) is 16.9. The van der Waals surface area contributed by atoms with Crippen molar-refractivity contribution in [1.29, 1.82) is 0 Å². The molecule has 168 valence electrons. The predicted octanol–water partition coefficient (Wildman–Crippen LogP) is 5.79. The number of nitrogens with one attached hydrogen (secondary N) is 1. The first-order valence-electron chi connectivity index (χ1n) is 9.24. The van der Waals surface area contributed by atoms with Crippen LogP contribution in [0.15, 0.2) is 39.7 Å². The fourth-order valence-corrected chi connectivity index (χ4v) is 4.86. The second kappa shape index (κ2) is 10.9. The number of methoxy groups -OCH3 is 1. The molecule has 11 heteroatoms. The first kappa shape index (κ1) is 24.9. The van der Waals surface area contributed by atoms with Gasteiger partial charge in [0.1, 0.15) is 6.54 Å². The summed E-state index contributed by atoms with van der Waals surface area (Å²) in [7, 11) is 1.53. The van der Waals surface area contributed by atoms with Crippen molar-refractivity contribution >= 4 is 90.7 Å². The van der Waals surface area contributed by atoms with Crippen LogP contribution in [0.4, 0.5) is 10.5 Å². The molecule has 2 aromatic rings. The maximum atomic E-state index is 12.8. The number of hydrogen-bond acceptors (Lipinski definition) is 6. The highest BCUT2D eigenvalue weighted by Crippen LogP contribution is 2.37. The van der Waals surface area contributed by atoms with Gasteiger partial charge in [-0.25, -0.2) is 0 Å². The molecule has 1 N–H and O–H groups in total. The first-order valence-corrected chi connectivity index (χ1v) is 12.3. The molecule has 0 saturated carbocycles. The molecule has 0 aromatic heterocycles. The van der Waals surface area contributed by atoms with Gasteiger partial charge in [-0.3, -0.25) is 19.3 Å². The van der Waals surface area contributed by atoms with Gasteiger partial charge in [-0.1, -0.05) is 11.6 Å². The smallest absolute Gasteiger partial charge is 0.294 e. The Kier molecular flexibility index (Phi) is 8.48. The summed E-state index contributed by atoms with van der Waals surface area (Å²) in [5, 5.41) is 2.54. The van der Waals surface area contributed by atoms with Gasteiger partial charge in [0, 0.05) is 10.2 Å². The Morgan fingerprint density at radius 1 is 1.31 bits per heavy atom. The zero-order chi connectivity index (χ0) is 23.4. The summed E-state index contributed by atoms with van der Waals surface area (Å²) in [4.78, 5) is 38.6. The number of halogens is 3. The van der Waals surface area contributed by atoms with Gasteiger partial charge in [-0.2, -0.15) is 0 Å². The second-order valence-electron chi connectivity index (χ2n) is 6.41. The summed E-state index contributed by atoms with van der Waals surface area (Å²) in [6.07, 6.45) is 1.59. The summed E-state index contributed by atoms with van der Waals surface area (Å²) in [5.74, 6) is 0.0957. The van der Waals surface area contributed by atoms with E-state index >= 15 is 0 Å². The minimum Gasteiger partial charge on any atom is -0.493 e. The predicted molar refractivity (Wildman–Crippen MR) is 137 cm³/mol. The van der Waals surface area contributed by atoms with Crippen LogP contribution in [0.25, 0.3) is 6.08 Å². The lowest BCUT2D eigenvalue weighted by Gasteiger charge is -2.13. The number of anilines is 1. The topological polar surface area (TPSA) is 84.9 Å². The van der Waals surface area contributed by atoms with E-state index in [4.69, 9.17) is 21.1 Å². The maximum Gasteiger partial charge on any atom is 0.294 e. The average Bonchev–Trinajstić information content (AvgIpc) is 2.99. The molecular formula is C21H17BrClIN2O5S. The van der Waals surface area contributed by atoms with Crippen molar-refractivity contribution in [2.45, 2.75) is 6.92 Å². The number of nitrogens with zero attached hydrogens (tertiary/aromatic N) is 1. The van der Waals surface area contributed by atoms with Crippen molar-refractivity contribution in [3.63, 3.8) is 0 Å². The summed E-state index contributed by atoms with van der Waals surface area (Å²) in [6.45, 7) is 1.96. The Labute approximate surface area is 216 Å². The summed E-state index contributed by atoms with van der Waals surface area (Å²) in [5.41, 5.74) is 1.14. The van der Waals surface area contributed by atoms with Gasteiger partial charge in [-0.05, 0) is 99.2 Å². The van der Waals surface area contributed by atoms with Gasteiger partial charge in [0.15, 0.2) is 11.5 Å². The minimum atomic E-state index is -0.535. The molecule has 32 heavy (non-hydrogen) atoms. The molecule has 0 bridgehead atoms. The van der Waals surface area contributed by atoms with Gasteiger partial charge in [0.2, 0.25) is 5.91 Å². The van der Waals surface area contributed by atoms with Crippen LogP contribution in [0.1, 0.15) is 12.5 Å². The van der Waals surface area contributed by atoms with E-state index in [0.29, 0.717) is 38.9 Å². The largest absolute Gasteiger partial charge is 0.493 e. The molecule has 1 heterocycles. The van der Waals surface area contributed by atoms with Crippen LogP contribution in [0, 0.1) is 3.57 Å². The van der Waals surface area contributed by atoms with Crippen LogP contribution < -0.4 is 14.8 Å². The van der Waals surface area contributed by atoms with Crippen molar-refractivity contribution in [2.75, 3.05) is 25.6 Å². The normalized spacial score (nSPS) is 14.8. The molecule has 3 rings (SSSR count). The molecule has 1 aliphatic rings. The SMILES string of the molecule is CCOc1c(I)cc(/C=C2/SC(=O)N(CC(=O)Nc3ccc(Br)c(Cl)c3)C2=O)cc1OC. The van der Waals surface area contributed by atoms with E-state index < -0.39 is 23.6 Å². The summed E-state index contributed by atoms with van der Waals surface area (Å²) < 4.78 is 12.5. The molecule has 0 atom stereocenters. The van der Waals surface area contributed by atoms with Crippen LogP contribution in [0.3, 0.4) is 0 Å². The van der Waals surface area contributed by atoms with Crippen LogP contribution in [-0.2, 0) is 9.59 Å². The first-order chi connectivity index (χ1) is 15.2. The number of hydrogen-bond donors (Lipinski definition) is 1. The number of carbonyl (C=O) groups is 3. The Bertz CT molecular complexity index is 1130. The summed E-state index contributed by atoms with van der Waals surface area (Å²) in [6, 6.07) is 8.46. The quantitative estimate of drug-likeness (QED) is 0.302. The Balaban J connectivity index is 1.75. The number of amides is 3. The summed E-state index contributed by atoms with van der Waals surface area (Å²) >= 11 is 12.2. The van der Waals surface area contributed by atoms with Crippen molar-refractivity contribution in [2.24, 2.45) is 0 Å². The fourth-order valence-electron chi connectivity index (χ4n) is 2.81. The third kappa shape index (κ3) is 5.77. The van der Waals surface area contributed by atoms with Crippen LogP contribution in [0.5, 0.6) is 11.5 Å². The molecule has 7 nitrogen and oxygen atoms in total. The Morgan fingerprint density at radius 2 is 2.06 bits per heavy atom. The van der Waals surface area contributed by atoms with Crippen molar-refractivity contribution in [1.82, 2.24) is 4.90 Å². The van der Waals surface area contributed by atoms with Crippen molar-refractivity contribution in [3.05, 3.63) is 53.9 Å². The van der Waals surface area contributed by atoms with E-state index in [-0.39, 0.29) is 4.91 Å². The fraction of sp³-hybridized carbons (Fsp3) is 0.190. The monoisotopic (exact) mass is 650 g/mol. The Hall–Kier alpha value is -1.76. The van der Waals surface area contributed by atoms with Crippen molar-refractivity contribution < 1.29 is 23.9 Å². The number of thioether (sulfide) groups is 1. The van der Waals surface area contributed by atoms with E-state index in [1.165, 1.54) is 7.11 Å². The van der Waals surface area contributed by atoms with E-state index in [9.17, 15) is 14.4 Å². The number of rotatable bonds is 7. The lowest BCUT2D eigenvalue weighted by Crippen LogP contribution is -2.36. The zero-order valence-corrected chi connectivity index (χ0v) is 22.2. The average molecular weight is 652 g/mol. The molecule has 1 fully saturated rings. The van der Waals surface area contributed by atoms with Gasteiger partial charge in [0.25, 0.3) is 11.1 Å². The Morgan fingerprint density at radius 3 is 2.72 bits per heavy atom. The lowest BCUT2D eigenvalue weighted by atomic mass is 10.2. The van der Waals surface area contributed by atoms with Crippen LogP contribution >= 0.6 is 61.9 Å². The lowest BCUT2D eigenvalue weighted by molar-refractivity contribution is -0.127. The highest BCUT2D eigenvalue weighted by molar-refractivity contribution is 14.1. The van der Waals surface area contributed by atoms with Gasteiger partial charge < -0.3 is 14.8 Å². The molecule has 0 radical (unpaired) electrons.